The van der Waals surface area contributed by atoms with Crippen molar-refractivity contribution in [1.29, 1.82) is 0 Å². The Labute approximate surface area is 136 Å². The summed E-state index contributed by atoms with van der Waals surface area (Å²) < 4.78 is 37.1. The van der Waals surface area contributed by atoms with E-state index in [1.54, 1.807) is 11.4 Å². The zero-order chi connectivity index (χ0) is 17.7. The largest absolute Gasteiger partial charge is 0.471 e. The van der Waals surface area contributed by atoms with Gasteiger partial charge in [0.25, 0.3) is 0 Å². The minimum absolute atomic E-state index is 0.0153. The SMILES string of the molecule is Cc1ccc(/C=C/C(=O)c2ccccc2NC(=O)C(F)(F)F)cc1. The molecule has 0 spiro atoms. The summed E-state index contributed by atoms with van der Waals surface area (Å²) in [7, 11) is 0. The van der Waals surface area contributed by atoms with Crippen molar-refractivity contribution in [3.05, 3.63) is 71.3 Å². The number of rotatable bonds is 4. The molecule has 24 heavy (non-hydrogen) atoms. The maximum atomic E-state index is 12.4. The summed E-state index contributed by atoms with van der Waals surface area (Å²) in [4.78, 5) is 23.3. The highest BCUT2D eigenvalue weighted by molar-refractivity contribution is 6.12. The molecule has 3 nitrogen and oxygen atoms in total. The van der Waals surface area contributed by atoms with E-state index in [4.69, 9.17) is 0 Å². The Bertz CT molecular complexity index is 778. The van der Waals surface area contributed by atoms with Gasteiger partial charge in [0.15, 0.2) is 5.78 Å². The number of carbonyl (C=O) groups excluding carboxylic acids is 2. The van der Waals surface area contributed by atoms with Gasteiger partial charge in [-0.1, -0.05) is 48.0 Å². The van der Waals surface area contributed by atoms with Gasteiger partial charge in [-0.2, -0.15) is 13.2 Å². The number of aryl methyl sites for hydroxylation is 1. The smallest absolute Gasteiger partial charge is 0.318 e. The number of halogens is 3. The Morgan fingerprint density at radius 3 is 2.25 bits per heavy atom. The number of para-hydroxylation sites is 1. The molecule has 124 valence electrons. The molecule has 1 N–H and O–H groups in total. The molecule has 0 aromatic heterocycles. The van der Waals surface area contributed by atoms with Gasteiger partial charge in [0.2, 0.25) is 0 Å². The first-order valence-corrected chi connectivity index (χ1v) is 7.03. The van der Waals surface area contributed by atoms with Gasteiger partial charge < -0.3 is 5.32 Å². The third-order valence-electron chi connectivity index (χ3n) is 3.20. The highest BCUT2D eigenvalue weighted by Crippen LogP contribution is 2.21. The normalized spacial score (nSPS) is 11.5. The van der Waals surface area contributed by atoms with E-state index in [1.807, 2.05) is 31.2 Å². The highest BCUT2D eigenvalue weighted by Gasteiger charge is 2.39. The van der Waals surface area contributed by atoms with Crippen LogP contribution in [0.5, 0.6) is 0 Å². The monoisotopic (exact) mass is 333 g/mol. The maximum Gasteiger partial charge on any atom is 0.471 e. The molecular formula is C18H14F3NO2. The average Bonchev–Trinajstić information content (AvgIpc) is 2.53. The van der Waals surface area contributed by atoms with Gasteiger partial charge >= 0.3 is 12.1 Å². The van der Waals surface area contributed by atoms with Crippen LogP contribution in [0.1, 0.15) is 21.5 Å². The van der Waals surface area contributed by atoms with Gasteiger partial charge in [-0.15, -0.1) is 0 Å². The number of amides is 1. The molecule has 0 saturated carbocycles. The Morgan fingerprint density at radius 2 is 1.62 bits per heavy atom. The number of hydrogen-bond donors (Lipinski definition) is 1. The van der Waals surface area contributed by atoms with E-state index in [1.165, 1.54) is 30.3 Å². The predicted molar refractivity (Wildman–Crippen MR) is 85.7 cm³/mol. The van der Waals surface area contributed by atoms with E-state index in [2.05, 4.69) is 0 Å². The van der Waals surface area contributed by atoms with Crippen LogP contribution in [0.15, 0.2) is 54.6 Å². The lowest BCUT2D eigenvalue weighted by atomic mass is 10.1. The second kappa shape index (κ2) is 7.12. The molecule has 0 aliphatic heterocycles. The van der Waals surface area contributed by atoms with Crippen LogP contribution in [-0.2, 0) is 4.79 Å². The van der Waals surface area contributed by atoms with Crippen LogP contribution in [-0.4, -0.2) is 17.9 Å². The van der Waals surface area contributed by atoms with Gasteiger partial charge in [0, 0.05) is 5.56 Å². The molecule has 0 bridgehead atoms. The summed E-state index contributed by atoms with van der Waals surface area (Å²) in [6.45, 7) is 1.93. The number of nitrogens with one attached hydrogen (secondary N) is 1. The van der Waals surface area contributed by atoms with E-state index in [-0.39, 0.29) is 11.3 Å². The van der Waals surface area contributed by atoms with Crippen LogP contribution < -0.4 is 5.32 Å². The predicted octanol–water partition coefficient (Wildman–Crippen LogP) is 4.39. The van der Waals surface area contributed by atoms with Crippen LogP contribution in [0, 0.1) is 6.92 Å². The highest BCUT2D eigenvalue weighted by atomic mass is 19.4. The Kier molecular flexibility index (Phi) is 5.18. The van der Waals surface area contributed by atoms with E-state index in [0.29, 0.717) is 0 Å². The summed E-state index contributed by atoms with van der Waals surface area (Å²) in [5.41, 5.74) is 1.65. The fourth-order valence-electron chi connectivity index (χ4n) is 1.94. The van der Waals surface area contributed by atoms with Crippen LogP contribution in [0.3, 0.4) is 0 Å². The Balaban J connectivity index is 2.20. The van der Waals surface area contributed by atoms with E-state index in [9.17, 15) is 22.8 Å². The molecular weight excluding hydrogens is 319 g/mol. The minimum atomic E-state index is -5.02. The third kappa shape index (κ3) is 4.55. The van der Waals surface area contributed by atoms with Crippen molar-refractivity contribution in [2.24, 2.45) is 0 Å². The zero-order valence-corrected chi connectivity index (χ0v) is 12.7. The topological polar surface area (TPSA) is 46.2 Å². The zero-order valence-electron chi connectivity index (χ0n) is 12.7. The van der Waals surface area contributed by atoms with Gasteiger partial charge in [-0.25, -0.2) is 0 Å². The number of benzene rings is 2. The Hall–Kier alpha value is -2.89. The lowest BCUT2D eigenvalue weighted by molar-refractivity contribution is -0.167. The van der Waals surface area contributed by atoms with Crippen LogP contribution >= 0.6 is 0 Å². The molecule has 0 aliphatic carbocycles. The first-order chi connectivity index (χ1) is 11.3. The molecule has 1 amide bonds. The van der Waals surface area contributed by atoms with E-state index < -0.39 is 17.9 Å². The van der Waals surface area contributed by atoms with Gasteiger partial charge in [-0.3, -0.25) is 9.59 Å². The lowest BCUT2D eigenvalue weighted by Gasteiger charge is -2.10. The Morgan fingerprint density at radius 1 is 1.00 bits per heavy atom. The van der Waals surface area contributed by atoms with E-state index in [0.717, 1.165) is 11.1 Å². The fraction of sp³-hybridized carbons (Fsp3) is 0.111. The van der Waals surface area contributed by atoms with Gasteiger partial charge in [0.05, 0.1) is 5.69 Å². The molecule has 0 atom stereocenters. The molecule has 0 fully saturated rings. The van der Waals surface area contributed by atoms with E-state index >= 15 is 0 Å². The van der Waals surface area contributed by atoms with Crippen molar-refractivity contribution in [1.82, 2.24) is 0 Å². The average molecular weight is 333 g/mol. The van der Waals surface area contributed by atoms with Crippen molar-refractivity contribution in [2.75, 3.05) is 5.32 Å². The van der Waals surface area contributed by atoms with Gasteiger partial charge in [0.1, 0.15) is 0 Å². The molecule has 6 heteroatoms. The first-order valence-electron chi connectivity index (χ1n) is 7.03. The lowest BCUT2D eigenvalue weighted by Crippen LogP contribution is -2.30. The second-order valence-electron chi connectivity index (χ2n) is 5.11. The molecule has 0 heterocycles. The number of ketones is 1. The summed E-state index contributed by atoms with van der Waals surface area (Å²) in [5.74, 6) is -2.63. The molecule has 2 aromatic rings. The maximum absolute atomic E-state index is 12.4. The van der Waals surface area contributed by atoms with Crippen LogP contribution in [0.2, 0.25) is 0 Å². The summed E-state index contributed by atoms with van der Waals surface area (Å²) >= 11 is 0. The molecule has 0 saturated heterocycles. The van der Waals surface area contributed by atoms with Crippen molar-refractivity contribution in [2.45, 2.75) is 13.1 Å². The summed E-state index contributed by atoms with van der Waals surface area (Å²) in [6.07, 6.45) is -2.21. The number of allylic oxidation sites excluding steroid dienone is 1. The number of anilines is 1. The third-order valence-corrected chi connectivity index (χ3v) is 3.20. The minimum Gasteiger partial charge on any atom is -0.318 e. The molecule has 0 unspecified atom stereocenters. The fourth-order valence-corrected chi connectivity index (χ4v) is 1.94. The number of carbonyl (C=O) groups is 2. The molecule has 2 rings (SSSR count). The molecule has 0 aliphatic rings. The number of alkyl halides is 3. The van der Waals surface area contributed by atoms with Crippen molar-refractivity contribution < 1.29 is 22.8 Å². The summed E-state index contributed by atoms with van der Waals surface area (Å²) in [6, 6.07) is 12.9. The molecule has 0 radical (unpaired) electrons. The quantitative estimate of drug-likeness (QED) is 0.666. The summed E-state index contributed by atoms with van der Waals surface area (Å²) in [5, 5.41) is 1.72. The van der Waals surface area contributed by atoms with Crippen molar-refractivity contribution >= 4 is 23.5 Å². The standard InChI is InChI=1S/C18H14F3NO2/c1-12-6-8-13(9-7-12)10-11-16(23)14-4-2-3-5-15(14)22-17(24)18(19,20)21/h2-11H,1H3,(H,22,24)/b11-10+. The van der Waals surface area contributed by atoms with Crippen molar-refractivity contribution in [3.8, 4) is 0 Å². The van der Waals surface area contributed by atoms with Crippen LogP contribution in [0.4, 0.5) is 18.9 Å². The van der Waals surface area contributed by atoms with Crippen molar-refractivity contribution in [3.63, 3.8) is 0 Å². The van der Waals surface area contributed by atoms with Gasteiger partial charge in [-0.05, 0) is 30.7 Å². The molecule has 2 aromatic carbocycles. The van der Waals surface area contributed by atoms with Crippen LogP contribution in [0.25, 0.3) is 6.08 Å². The second-order valence-corrected chi connectivity index (χ2v) is 5.11. The number of hydrogen-bond acceptors (Lipinski definition) is 2. The first kappa shape index (κ1) is 17.5.